The lowest BCUT2D eigenvalue weighted by molar-refractivity contribution is 0.494. The number of aryl methyl sites for hydroxylation is 1. The molecule has 0 unspecified atom stereocenters. The van der Waals surface area contributed by atoms with Gasteiger partial charge in [-0.15, -0.1) is 10.2 Å². The quantitative estimate of drug-likeness (QED) is 0.699. The zero-order chi connectivity index (χ0) is 17.7. The molecule has 0 aliphatic heterocycles. The molecule has 0 spiro atoms. The molecule has 3 aromatic rings. The number of nitrogens with zero attached hydrogens (tertiary/aromatic N) is 2. The molecule has 0 amide bonds. The number of aromatic nitrogens is 2. The molecular weight excluding hydrogens is 345 g/mol. The van der Waals surface area contributed by atoms with Crippen LogP contribution >= 0.6 is 0 Å². The fourth-order valence-corrected chi connectivity index (χ4v) is 3.17. The van der Waals surface area contributed by atoms with Crippen LogP contribution in [0.25, 0.3) is 11.5 Å². The number of rotatable bonds is 7. The van der Waals surface area contributed by atoms with E-state index < -0.39 is 10.0 Å². The summed E-state index contributed by atoms with van der Waals surface area (Å²) in [6.45, 7) is -0.0919. The molecule has 1 N–H and O–H groups in total. The molecule has 2 aromatic carbocycles. The number of sulfonamides is 1. The summed E-state index contributed by atoms with van der Waals surface area (Å²) in [7, 11) is -3.47. The number of hydrogen-bond donors (Lipinski definition) is 1. The van der Waals surface area contributed by atoms with Crippen molar-refractivity contribution in [2.24, 2.45) is 0 Å². The zero-order valence-electron chi connectivity index (χ0n) is 13.2. The zero-order valence-corrected chi connectivity index (χ0v) is 14.0. The second-order valence-corrected chi connectivity index (χ2v) is 7.31. The van der Waals surface area contributed by atoms with Crippen LogP contribution in [0, 0.1) is 5.82 Å². The van der Waals surface area contributed by atoms with Crippen molar-refractivity contribution in [3.8, 4) is 11.5 Å². The van der Waals surface area contributed by atoms with E-state index in [9.17, 15) is 12.8 Å². The van der Waals surface area contributed by atoms with Gasteiger partial charge in [0, 0.05) is 5.56 Å². The maximum absolute atomic E-state index is 12.9. The highest BCUT2D eigenvalue weighted by molar-refractivity contribution is 7.89. The third-order valence-corrected chi connectivity index (χ3v) is 4.83. The predicted octanol–water partition coefficient (Wildman–Crippen LogP) is 2.54. The van der Waals surface area contributed by atoms with Crippen LogP contribution in [-0.4, -0.2) is 24.4 Å². The molecule has 8 heteroatoms. The topological polar surface area (TPSA) is 85.1 Å². The van der Waals surface area contributed by atoms with Gasteiger partial charge in [-0.05, 0) is 36.2 Å². The second kappa shape index (κ2) is 7.54. The monoisotopic (exact) mass is 361 g/mol. The Balaban J connectivity index is 1.57. The molecule has 0 atom stereocenters. The van der Waals surface area contributed by atoms with Crippen LogP contribution in [-0.2, 0) is 23.0 Å². The molecule has 0 fully saturated rings. The van der Waals surface area contributed by atoms with Crippen molar-refractivity contribution < 1.29 is 17.2 Å². The van der Waals surface area contributed by atoms with Crippen LogP contribution in [0.15, 0.2) is 59.0 Å². The van der Waals surface area contributed by atoms with Gasteiger partial charge in [0.2, 0.25) is 21.8 Å². The van der Waals surface area contributed by atoms with Crippen LogP contribution < -0.4 is 4.72 Å². The van der Waals surface area contributed by atoms with E-state index in [-0.39, 0.29) is 29.9 Å². The average molecular weight is 361 g/mol. The maximum Gasteiger partial charge on any atom is 0.247 e. The van der Waals surface area contributed by atoms with Gasteiger partial charge in [-0.3, -0.25) is 0 Å². The van der Waals surface area contributed by atoms with Gasteiger partial charge in [-0.25, -0.2) is 17.5 Å². The van der Waals surface area contributed by atoms with E-state index >= 15 is 0 Å². The summed E-state index contributed by atoms with van der Waals surface area (Å²) in [5, 5.41) is 7.64. The van der Waals surface area contributed by atoms with Gasteiger partial charge >= 0.3 is 0 Å². The first-order valence-electron chi connectivity index (χ1n) is 7.61. The van der Waals surface area contributed by atoms with E-state index in [4.69, 9.17) is 4.42 Å². The van der Waals surface area contributed by atoms with Gasteiger partial charge < -0.3 is 4.42 Å². The predicted molar refractivity (Wildman–Crippen MR) is 90.5 cm³/mol. The summed E-state index contributed by atoms with van der Waals surface area (Å²) in [4.78, 5) is 0. The Kier molecular flexibility index (Phi) is 5.20. The largest absolute Gasteiger partial charge is 0.419 e. The lowest BCUT2D eigenvalue weighted by atomic mass is 10.2. The summed E-state index contributed by atoms with van der Waals surface area (Å²) in [6.07, 6.45) is 0.417. The SMILES string of the molecule is O=S(=O)(CCc1ccccc1)NCc1nnc(-c2ccc(F)cc2)o1. The Bertz CT molecular complexity index is 925. The molecule has 0 saturated heterocycles. The maximum atomic E-state index is 12.9. The summed E-state index contributed by atoms with van der Waals surface area (Å²) in [5.74, 6) is -0.0496. The van der Waals surface area contributed by atoms with Crippen molar-refractivity contribution in [3.05, 3.63) is 71.9 Å². The molecule has 0 aliphatic carbocycles. The van der Waals surface area contributed by atoms with Gasteiger partial charge in [-0.2, -0.15) is 0 Å². The van der Waals surface area contributed by atoms with E-state index in [2.05, 4.69) is 14.9 Å². The molecule has 0 aliphatic rings. The molecule has 1 aromatic heterocycles. The molecule has 0 radical (unpaired) electrons. The minimum Gasteiger partial charge on any atom is -0.419 e. The Hall–Kier alpha value is -2.58. The number of halogens is 1. The first-order chi connectivity index (χ1) is 12.0. The Labute approximate surface area is 144 Å². The van der Waals surface area contributed by atoms with Gasteiger partial charge in [0.05, 0.1) is 12.3 Å². The van der Waals surface area contributed by atoms with Crippen molar-refractivity contribution in [1.29, 1.82) is 0 Å². The third-order valence-electron chi connectivity index (χ3n) is 3.50. The minimum atomic E-state index is -3.47. The molecule has 6 nitrogen and oxygen atoms in total. The van der Waals surface area contributed by atoms with E-state index in [0.29, 0.717) is 12.0 Å². The minimum absolute atomic E-state index is 0.0318. The van der Waals surface area contributed by atoms with Crippen molar-refractivity contribution in [3.63, 3.8) is 0 Å². The standard InChI is InChI=1S/C17H16FN3O3S/c18-15-8-6-14(7-9-15)17-21-20-16(24-17)12-19-25(22,23)11-10-13-4-2-1-3-5-13/h1-9,19H,10-12H2. The summed E-state index contributed by atoms with van der Waals surface area (Å²) in [6, 6.07) is 15.0. The van der Waals surface area contributed by atoms with Gasteiger partial charge in [0.25, 0.3) is 0 Å². The van der Waals surface area contributed by atoms with Crippen molar-refractivity contribution in [2.45, 2.75) is 13.0 Å². The highest BCUT2D eigenvalue weighted by Gasteiger charge is 2.14. The van der Waals surface area contributed by atoms with E-state index in [0.717, 1.165) is 5.56 Å². The first-order valence-corrected chi connectivity index (χ1v) is 9.27. The number of benzene rings is 2. The van der Waals surface area contributed by atoms with Crippen LogP contribution in [0.3, 0.4) is 0 Å². The third kappa shape index (κ3) is 4.94. The van der Waals surface area contributed by atoms with Crippen molar-refractivity contribution >= 4 is 10.0 Å². The Morgan fingerprint density at radius 3 is 2.44 bits per heavy atom. The number of nitrogens with one attached hydrogen (secondary N) is 1. The summed E-state index contributed by atoms with van der Waals surface area (Å²) in [5.41, 5.74) is 1.51. The van der Waals surface area contributed by atoms with Crippen molar-refractivity contribution in [2.75, 3.05) is 5.75 Å². The smallest absolute Gasteiger partial charge is 0.247 e. The molecular formula is C17H16FN3O3S. The van der Waals surface area contributed by atoms with E-state index in [1.807, 2.05) is 30.3 Å². The Morgan fingerprint density at radius 2 is 1.72 bits per heavy atom. The summed E-state index contributed by atoms with van der Waals surface area (Å²) >= 11 is 0. The molecule has 25 heavy (non-hydrogen) atoms. The van der Waals surface area contributed by atoms with Gasteiger partial charge in [-0.1, -0.05) is 30.3 Å². The van der Waals surface area contributed by atoms with Gasteiger partial charge in [0.1, 0.15) is 5.82 Å². The van der Waals surface area contributed by atoms with Crippen LogP contribution in [0.1, 0.15) is 11.5 Å². The van der Waals surface area contributed by atoms with E-state index in [1.165, 1.54) is 24.3 Å². The fraction of sp³-hybridized carbons (Fsp3) is 0.176. The van der Waals surface area contributed by atoms with Crippen LogP contribution in [0.4, 0.5) is 4.39 Å². The van der Waals surface area contributed by atoms with Crippen molar-refractivity contribution in [1.82, 2.24) is 14.9 Å². The Morgan fingerprint density at radius 1 is 1.00 bits per heavy atom. The molecule has 0 saturated carbocycles. The van der Waals surface area contributed by atoms with E-state index in [1.54, 1.807) is 0 Å². The second-order valence-electron chi connectivity index (χ2n) is 5.38. The lowest BCUT2D eigenvalue weighted by Crippen LogP contribution is -2.27. The molecule has 3 rings (SSSR count). The van der Waals surface area contributed by atoms with Gasteiger partial charge in [0.15, 0.2) is 0 Å². The summed E-state index contributed by atoms with van der Waals surface area (Å²) < 4.78 is 44.8. The highest BCUT2D eigenvalue weighted by atomic mass is 32.2. The molecule has 1 heterocycles. The normalized spacial score (nSPS) is 11.6. The highest BCUT2D eigenvalue weighted by Crippen LogP contribution is 2.18. The first kappa shape index (κ1) is 17.2. The fourth-order valence-electron chi connectivity index (χ4n) is 2.17. The van der Waals surface area contributed by atoms with Crippen LogP contribution in [0.5, 0.6) is 0 Å². The molecule has 130 valence electrons. The van der Waals surface area contributed by atoms with Crippen LogP contribution in [0.2, 0.25) is 0 Å². The number of hydrogen-bond acceptors (Lipinski definition) is 5. The average Bonchev–Trinajstić information content (AvgIpc) is 3.09. The lowest BCUT2D eigenvalue weighted by Gasteiger charge is -2.04. The molecule has 0 bridgehead atoms.